The van der Waals surface area contributed by atoms with Gasteiger partial charge in [0.25, 0.3) is 0 Å². The molecule has 1 aliphatic rings. The van der Waals surface area contributed by atoms with Gasteiger partial charge in [0.15, 0.2) is 0 Å². The van der Waals surface area contributed by atoms with Crippen molar-refractivity contribution >= 4 is 5.97 Å². The van der Waals surface area contributed by atoms with Crippen LogP contribution < -0.4 is 4.74 Å². The van der Waals surface area contributed by atoms with Crippen LogP contribution in [0.3, 0.4) is 0 Å². The Hall–Kier alpha value is -1.51. The Bertz CT molecular complexity index is 367. The molecule has 0 saturated heterocycles. The number of ether oxygens (including phenoxy) is 1. The van der Waals surface area contributed by atoms with E-state index in [1.807, 2.05) is 6.07 Å². The van der Waals surface area contributed by atoms with E-state index in [2.05, 4.69) is 0 Å². The molecule has 1 aliphatic carbocycles. The third kappa shape index (κ3) is 1.45. The zero-order valence-electron chi connectivity index (χ0n) is 7.99. The largest absolute Gasteiger partial charge is 0.496 e. The molecule has 0 heterocycles. The minimum Gasteiger partial charge on any atom is -0.496 e. The number of aromatic carboxylic acids is 1. The molecular formula is C11H12O3. The molecule has 1 fully saturated rings. The maximum absolute atomic E-state index is 10.9. The lowest BCUT2D eigenvalue weighted by Gasteiger charge is -2.09. The lowest BCUT2D eigenvalue weighted by Crippen LogP contribution is -2.02. The van der Waals surface area contributed by atoms with E-state index in [0.29, 0.717) is 11.7 Å². The van der Waals surface area contributed by atoms with Crippen molar-refractivity contribution < 1.29 is 14.6 Å². The first kappa shape index (κ1) is 9.06. The van der Waals surface area contributed by atoms with Gasteiger partial charge in [0.1, 0.15) is 11.3 Å². The molecule has 1 aromatic rings. The molecule has 0 amide bonds. The fraction of sp³-hybridized carbons (Fsp3) is 0.364. The van der Waals surface area contributed by atoms with E-state index in [1.54, 1.807) is 12.1 Å². The summed E-state index contributed by atoms with van der Waals surface area (Å²) in [6.45, 7) is 0. The second-order valence-electron chi connectivity index (χ2n) is 3.51. The Morgan fingerprint density at radius 1 is 1.50 bits per heavy atom. The molecule has 0 bridgehead atoms. The summed E-state index contributed by atoms with van der Waals surface area (Å²) in [7, 11) is 1.52. The Balaban J connectivity index is 2.49. The lowest BCUT2D eigenvalue weighted by atomic mass is 10.1. The summed E-state index contributed by atoms with van der Waals surface area (Å²) in [5.74, 6) is 0.108. The van der Waals surface area contributed by atoms with Crippen molar-refractivity contribution in [2.75, 3.05) is 7.11 Å². The first-order chi connectivity index (χ1) is 6.74. The highest BCUT2D eigenvalue weighted by Gasteiger charge is 2.28. The summed E-state index contributed by atoms with van der Waals surface area (Å²) < 4.78 is 5.16. The number of carboxylic acid groups (broad SMARTS) is 1. The number of hydrogen-bond donors (Lipinski definition) is 1. The van der Waals surface area contributed by atoms with E-state index < -0.39 is 5.97 Å². The molecule has 3 heteroatoms. The van der Waals surface area contributed by atoms with Crippen molar-refractivity contribution in [2.24, 2.45) is 0 Å². The highest BCUT2D eigenvalue weighted by atomic mass is 16.5. The van der Waals surface area contributed by atoms with Crippen LogP contribution in [0.5, 0.6) is 5.75 Å². The standard InChI is InChI=1S/C11H12O3/c1-14-10-8(7-5-6-7)3-2-4-9(10)11(12)13/h2-4,7H,5-6H2,1H3,(H,12,13). The maximum atomic E-state index is 10.9. The Morgan fingerprint density at radius 2 is 2.21 bits per heavy atom. The molecular weight excluding hydrogens is 180 g/mol. The second kappa shape index (κ2) is 3.33. The van der Waals surface area contributed by atoms with Crippen molar-refractivity contribution in [3.8, 4) is 5.75 Å². The molecule has 0 radical (unpaired) electrons. The summed E-state index contributed by atoms with van der Waals surface area (Å²) in [5, 5.41) is 8.94. The van der Waals surface area contributed by atoms with Gasteiger partial charge in [-0.25, -0.2) is 4.79 Å². The van der Waals surface area contributed by atoms with Gasteiger partial charge in [0.05, 0.1) is 7.11 Å². The Kier molecular flexibility index (Phi) is 2.15. The fourth-order valence-corrected chi connectivity index (χ4v) is 1.67. The van der Waals surface area contributed by atoms with Crippen molar-refractivity contribution in [3.05, 3.63) is 29.3 Å². The molecule has 1 N–H and O–H groups in total. The molecule has 0 spiro atoms. The summed E-state index contributed by atoms with van der Waals surface area (Å²) in [6.07, 6.45) is 2.28. The van der Waals surface area contributed by atoms with Crippen LogP contribution in [0.25, 0.3) is 0 Å². The summed E-state index contributed by atoms with van der Waals surface area (Å²) in [4.78, 5) is 10.9. The van der Waals surface area contributed by atoms with Crippen LogP contribution in [0.2, 0.25) is 0 Å². The van der Waals surface area contributed by atoms with Crippen LogP contribution in [0.15, 0.2) is 18.2 Å². The highest BCUT2D eigenvalue weighted by molar-refractivity contribution is 5.91. The third-order valence-electron chi connectivity index (χ3n) is 2.50. The predicted octanol–water partition coefficient (Wildman–Crippen LogP) is 2.27. The summed E-state index contributed by atoms with van der Waals surface area (Å²) in [5.41, 5.74) is 1.30. The Morgan fingerprint density at radius 3 is 2.71 bits per heavy atom. The number of carbonyl (C=O) groups is 1. The minimum absolute atomic E-state index is 0.261. The second-order valence-corrected chi connectivity index (χ2v) is 3.51. The van der Waals surface area contributed by atoms with Crippen LogP contribution >= 0.6 is 0 Å². The monoisotopic (exact) mass is 192 g/mol. The molecule has 14 heavy (non-hydrogen) atoms. The number of rotatable bonds is 3. The van der Waals surface area contributed by atoms with E-state index in [-0.39, 0.29) is 5.56 Å². The van der Waals surface area contributed by atoms with E-state index in [1.165, 1.54) is 7.11 Å². The van der Waals surface area contributed by atoms with Crippen LogP contribution in [0.1, 0.15) is 34.7 Å². The van der Waals surface area contributed by atoms with Crippen molar-refractivity contribution in [1.82, 2.24) is 0 Å². The zero-order valence-corrected chi connectivity index (χ0v) is 7.99. The highest BCUT2D eigenvalue weighted by Crippen LogP contribution is 2.45. The molecule has 0 aliphatic heterocycles. The molecule has 3 nitrogen and oxygen atoms in total. The maximum Gasteiger partial charge on any atom is 0.339 e. The number of methoxy groups -OCH3 is 1. The summed E-state index contributed by atoms with van der Waals surface area (Å²) in [6, 6.07) is 5.30. The number of hydrogen-bond acceptors (Lipinski definition) is 2. The number of benzene rings is 1. The van der Waals surface area contributed by atoms with Gasteiger partial charge in [0.2, 0.25) is 0 Å². The Labute approximate surface area is 82.3 Å². The smallest absolute Gasteiger partial charge is 0.339 e. The van der Waals surface area contributed by atoms with Gasteiger partial charge in [-0.1, -0.05) is 12.1 Å². The SMILES string of the molecule is COc1c(C(=O)O)cccc1C1CC1. The first-order valence-corrected chi connectivity index (χ1v) is 4.64. The van der Waals surface area contributed by atoms with E-state index in [4.69, 9.17) is 9.84 Å². The van der Waals surface area contributed by atoms with Gasteiger partial charge in [-0.2, -0.15) is 0 Å². The quantitative estimate of drug-likeness (QED) is 0.799. The van der Waals surface area contributed by atoms with Gasteiger partial charge in [-0.15, -0.1) is 0 Å². The van der Waals surface area contributed by atoms with Crippen molar-refractivity contribution in [3.63, 3.8) is 0 Å². The molecule has 0 aromatic heterocycles. The third-order valence-corrected chi connectivity index (χ3v) is 2.50. The van der Waals surface area contributed by atoms with E-state index in [9.17, 15) is 4.79 Å². The molecule has 74 valence electrons. The van der Waals surface area contributed by atoms with Gasteiger partial charge in [-0.05, 0) is 30.4 Å². The summed E-state index contributed by atoms with van der Waals surface area (Å²) >= 11 is 0. The van der Waals surface area contributed by atoms with Crippen LogP contribution in [-0.2, 0) is 0 Å². The molecule has 1 aromatic carbocycles. The van der Waals surface area contributed by atoms with Gasteiger partial charge in [-0.3, -0.25) is 0 Å². The average Bonchev–Trinajstić information content (AvgIpc) is 2.99. The zero-order chi connectivity index (χ0) is 10.1. The molecule has 2 rings (SSSR count). The average molecular weight is 192 g/mol. The molecule has 0 atom stereocenters. The van der Waals surface area contributed by atoms with Crippen LogP contribution in [0.4, 0.5) is 0 Å². The number of para-hydroxylation sites is 1. The van der Waals surface area contributed by atoms with E-state index >= 15 is 0 Å². The van der Waals surface area contributed by atoms with Gasteiger partial charge in [0, 0.05) is 0 Å². The van der Waals surface area contributed by atoms with Crippen LogP contribution in [-0.4, -0.2) is 18.2 Å². The lowest BCUT2D eigenvalue weighted by molar-refractivity contribution is 0.0693. The van der Waals surface area contributed by atoms with Crippen LogP contribution in [0, 0.1) is 0 Å². The first-order valence-electron chi connectivity index (χ1n) is 4.64. The minimum atomic E-state index is -0.927. The van der Waals surface area contributed by atoms with E-state index in [0.717, 1.165) is 18.4 Å². The predicted molar refractivity (Wildman–Crippen MR) is 51.9 cm³/mol. The fourth-order valence-electron chi connectivity index (χ4n) is 1.67. The molecule has 1 saturated carbocycles. The van der Waals surface area contributed by atoms with Gasteiger partial charge >= 0.3 is 5.97 Å². The van der Waals surface area contributed by atoms with Crippen molar-refractivity contribution in [1.29, 1.82) is 0 Å². The topological polar surface area (TPSA) is 46.5 Å². The molecule has 0 unspecified atom stereocenters. The normalized spacial score (nSPS) is 15.2. The number of carboxylic acids is 1. The van der Waals surface area contributed by atoms with Crippen molar-refractivity contribution in [2.45, 2.75) is 18.8 Å². The van der Waals surface area contributed by atoms with Gasteiger partial charge < -0.3 is 9.84 Å².